The molecule has 214 valence electrons. The second-order valence-electron chi connectivity index (χ2n) is 13.8. The number of esters is 1. The predicted molar refractivity (Wildman–Crippen MR) is 158 cm³/mol. The molecule has 0 saturated heterocycles. The molecule has 0 radical (unpaired) electrons. The Balaban J connectivity index is 2.39. The lowest BCUT2D eigenvalue weighted by Crippen LogP contribution is -2.43. The lowest BCUT2D eigenvalue weighted by molar-refractivity contribution is -0.890. The third-order valence-electron chi connectivity index (χ3n) is 7.48. The van der Waals surface area contributed by atoms with E-state index in [0.717, 1.165) is 34.3 Å². The molecule has 0 aromatic heterocycles. The van der Waals surface area contributed by atoms with Gasteiger partial charge in [0.25, 0.3) is 0 Å². The minimum absolute atomic E-state index is 0.137. The van der Waals surface area contributed by atoms with Crippen molar-refractivity contribution in [2.75, 3.05) is 33.8 Å². The highest BCUT2D eigenvalue weighted by atomic mass is 16.5. The van der Waals surface area contributed by atoms with E-state index >= 15 is 0 Å². The molecule has 0 spiro atoms. The molecule has 0 aliphatic rings. The van der Waals surface area contributed by atoms with E-state index in [1.165, 1.54) is 64.2 Å². The molecule has 0 aliphatic heterocycles. The molecule has 0 saturated carbocycles. The van der Waals surface area contributed by atoms with E-state index < -0.39 is 0 Å². The van der Waals surface area contributed by atoms with Gasteiger partial charge in [0, 0.05) is 6.42 Å². The van der Waals surface area contributed by atoms with Crippen LogP contribution < -0.4 is 0 Å². The Bertz CT molecular complexity index is 764. The summed E-state index contributed by atoms with van der Waals surface area (Å²) in [6, 6.07) is 4.12. The van der Waals surface area contributed by atoms with Gasteiger partial charge in [-0.15, -0.1) is 0 Å². The number of benzene rings is 1. The number of hydrogen-bond acceptors (Lipinski definition) is 3. The van der Waals surface area contributed by atoms with Gasteiger partial charge in [-0.2, -0.15) is 0 Å². The number of aromatic hydroxyl groups is 1. The van der Waals surface area contributed by atoms with Crippen molar-refractivity contribution in [2.24, 2.45) is 0 Å². The summed E-state index contributed by atoms with van der Waals surface area (Å²) in [6.07, 6.45) is 14.5. The fourth-order valence-corrected chi connectivity index (χ4v) is 4.85. The van der Waals surface area contributed by atoms with E-state index in [1.54, 1.807) is 0 Å². The molecular weight excluding hydrogens is 458 g/mol. The lowest BCUT2D eigenvalue weighted by Gasteiger charge is -2.29. The van der Waals surface area contributed by atoms with Gasteiger partial charge < -0.3 is 14.3 Å². The van der Waals surface area contributed by atoms with Crippen molar-refractivity contribution in [1.29, 1.82) is 0 Å². The summed E-state index contributed by atoms with van der Waals surface area (Å²) in [7, 11) is 4.47. The number of ether oxygens (including phenoxy) is 1. The first-order chi connectivity index (χ1) is 17.2. The molecule has 4 nitrogen and oxygen atoms in total. The number of phenols is 1. The third kappa shape index (κ3) is 13.7. The molecule has 0 bridgehead atoms. The maximum absolute atomic E-state index is 12.5. The smallest absolute Gasteiger partial charge is 0.306 e. The highest BCUT2D eigenvalue weighted by molar-refractivity contribution is 5.69. The van der Waals surface area contributed by atoms with Crippen LogP contribution in [-0.4, -0.2) is 49.4 Å². The minimum atomic E-state index is -0.168. The monoisotopic (exact) mass is 518 g/mol. The van der Waals surface area contributed by atoms with Crippen LogP contribution in [0.5, 0.6) is 5.75 Å². The van der Waals surface area contributed by atoms with Crippen LogP contribution >= 0.6 is 0 Å². The van der Waals surface area contributed by atoms with Gasteiger partial charge in [0.05, 0.1) is 20.6 Å². The van der Waals surface area contributed by atoms with Gasteiger partial charge in [-0.25, -0.2) is 0 Å². The lowest BCUT2D eigenvalue weighted by atomic mass is 9.78. The fraction of sp³-hybridized carbons (Fsp3) is 0.788. The zero-order valence-electron chi connectivity index (χ0n) is 26.0. The first-order valence-corrected chi connectivity index (χ1v) is 15.0. The molecule has 0 amide bonds. The van der Waals surface area contributed by atoms with Gasteiger partial charge in [0.2, 0.25) is 0 Å². The quantitative estimate of drug-likeness (QED) is 0.128. The van der Waals surface area contributed by atoms with E-state index in [1.807, 2.05) is 0 Å². The molecule has 1 rings (SSSR count). The third-order valence-corrected chi connectivity index (χ3v) is 7.48. The highest BCUT2D eigenvalue weighted by Crippen LogP contribution is 2.40. The second kappa shape index (κ2) is 15.8. The van der Waals surface area contributed by atoms with Crippen molar-refractivity contribution in [1.82, 2.24) is 0 Å². The van der Waals surface area contributed by atoms with Gasteiger partial charge in [-0.1, -0.05) is 112 Å². The van der Waals surface area contributed by atoms with Crippen molar-refractivity contribution in [3.8, 4) is 5.75 Å². The zero-order valence-corrected chi connectivity index (χ0v) is 26.0. The van der Waals surface area contributed by atoms with Crippen LogP contribution in [-0.2, 0) is 26.8 Å². The van der Waals surface area contributed by atoms with E-state index in [2.05, 4.69) is 74.7 Å². The van der Waals surface area contributed by atoms with Crippen molar-refractivity contribution in [3.63, 3.8) is 0 Å². The van der Waals surface area contributed by atoms with Gasteiger partial charge in [-0.3, -0.25) is 4.79 Å². The van der Waals surface area contributed by atoms with Crippen molar-refractivity contribution >= 4 is 5.97 Å². The largest absolute Gasteiger partial charge is 0.507 e. The number of phenolic OH excluding ortho intramolecular Hbond substituents is 1. The summed E-state index contributed by atoms with van der Waals surface area (Å²) in [6.45, 7) is 17.4. The average molecular weight is 519 g/mol. The minimum Gasteiger partial charge on any atom is -0.507 e. The number of carbonyl (C=O) groups excluding carboxylic acids is 1. The Labute approximate surface area is 229 Å². The Morgan fingerprint density at radius 3 is 1.70 bits per heavy atom. The van der Waals surface area contributed by atoms with E-state index in [4.69, 9.17) is 4.74 Å². The fourth-order valence-electron chi connectivity index (χ4n) is 4.85. The molecule has 37 heavy (non-hydrogen) atoms. The van der Waals surface area contributed by atoms with Crippen LogP contribution in [0.25, 0.3) is 0 Å². The molecule has 1 aromatic rings. The second-order valence-corrected chi connectivity index (χ2v) is 13.8. The van der Waals surface area contributed by atoms with Crippen LogP contribution in [0.2, 0.25) is 0 Å². The summed E-state index contributed by atoms with van der Waals surface area (Å²) in [5.74, 6) is 0.246. The van der Waals surface area contributed by atoms with Crippen molar-refractivity contribution < 1.29 is 19.1 Å². The normalized spacial score (nSPS) is 12.7. The molecule has 0 atom stereocenters. The summed E-state index contributed by atoms with van der Waals surface area (Å²) < 4.78 is 6.51. The van der Waals surface area contributed by atoms with Crippen LogP contribution in [0.15, 0.2) is 12.1 Å². The Morgan fingerprint density at radius 2 is 1.24 bits per heavy atom. The topological polar surface area (TPSA) is 46.5 Å². The SMILES string of the molecule is CCCCCCCCCCCC[N+](C)(C)CCOC(=O)CCc1cc(C(C)(C)C)c(O)c(C(C)(C)C)c1. The number of nitrogens with zero attached hydrogens (tertiary/aromatic N) is 1. The molecule has 0 aliphatic carbocycles. The van der Waals surface area contributed by atoms with Crippen LogP contribution in [0, 0.1) is 0 Å². The van der Waals surface area contributed by atoms with Crippen LogP contribution in [0.4, 0.5) is 0 Å². The van der Waals surface area contributed by atoms with Crippen LogP contribution in [0.3, 0.4) is 0 Å². The summed E-state index contributed by atoms with van der Waals surface area (Å²) in [4.78, 5) is 12.5. The Morgan fingerprint density at radius 1 is 0.784 bits per heavy atom. The number of rotatable bonds is 17. The molecule has 4 heteroatoms. The molecular formula is C33H60NO3+. The number of carbonyl (C=O) groups is 1. The molecule has 0 fully saturated rings. The van der Waals surface area contributed by atoms with Gasteiger partial charge in [0.1, 0.15) is 18.9 Å². The Hall–Kier alpha value is -1.55. The summed E-state index contributed by atoms with van der Waals surface area (Å²) in [5.41, 5.74) is 2.63. The predicted octanol–water partition coefficient (Wildman–Crippen LogP) is 8.46. The molecule has 0 heterocycles. The number of aryl methyl sites for hydroxylation is 1. The summed E-state index contributed by atoms with van der Waals surface area (Å²) in [5, 5.41) is 10.9. The van der Waals surface area contributed by atoms with Crippen LogP contribution in [0.1, 0.15) is 136 Å². The first-order valence-electron chi connectivity index (χ1n) is 15.0. The highest BCUT2D eigenvalue weighted by Gasteiger charge is 2.26. The van der Waals surface area contributed by atoms with Crippen molar-refractivity contribution in [3.05, 3.63) is 28.8 Å². The van der Waals surface area contributed by atoms with Gasteiger partial charge in [0.15, 0.2) is 0 Å². The number of unbranched alkanes of at least 4 members (excludes halogenated alkanes) is 9. The average Bonchev–Trinajstić information content (AvgIpc) is 2.78. The summed E-state index contributed by atoms with van der Waals surface area (Å²) >= 11 is 0. The maximum Gasteiger partial charge on any atom is 0.306 e. The molecule has 1 N–H and O–H groups in total. The Kier molecular flexibility index (Phi) is 14.3. The molecule has 1 aromatic carbocycles. The van der Waals surface area contributed by atoms with E-state index in [-0.39, 0.29) is 16.8 Å². The van der Waals surface area contributed by atoms with E-state index in [0.29, 0.717) is 25.2 Å². The van der Waals surface area contributed by atoms with Crippen molar-refractivity contribution in [2.45, 2.75) is 136 Å². The van der Waals surface area contributed by atoms with Gasteiger partial charge >= 0.3 is 5.97 Å². The standard InChI is InChI=1S/C33H59NO3/c1-10-11-12-13-14-15-16-17-18-19-22-34(8,9)23-24-37-30(35)21-20-27-25-28(32(2,3)4)31(36)29(26-27)33(5,6)7/h25-26H,10-24H2,1-9H3/p+1. The number of hydrogen-bond donors (Lipinski definition) is 1. The number of likely N-dealkylation sites (N-methyl/N-ethyl adjacent to an activating group) is 1. The first kappa shape index (κ1) is 33.5. The number of quaternary nitrogens is 1. The molecule has 0 unspecified atom stereocenters. The van der Waals surface area contributed by atoms with Gasteiger partial charge in [-0.05, 0) is 46.8 Å². The maximum atomic E-state index is 12.5. The zero-order chi connectivity index (χ0) is 28.1. The van der Waals surface area contributed by atoms with E-state index in [9.17, 15) is 9.90 Å².